The number of hydrogen-bond donors (Lipinski definition) is 1. The van der Waals surface area contributed by atoms with Crippen LogP contribution in [0, 0.1) is 0 Å². The average Bonchev–Trinajstić information content (AvgIpc) is 2.82. The van der Waals surface area contributed by atoms with Crippen LogP contribution in [0.4, 0.5) is 0 Å². The van der Waals surface area contributed by atoms with Crippen LogP contribution in [0.1, 0.15) is 6.92 Å². The van der Waals surface area contributed by atoms with Crippen LogP contribution >= 0.6 is 12.4 Å². The molecule has 3 aromatic rings. The van der Waals surface area contributed by atoms with Gasteiger partial charge in [0.05, 0.1) is 0 Å². The Labute approximate surface area is 123 Å². The summed E-state index contributed by atoms with van der Waals surface area (Å²) < 4.78 is 11.1. The van der Waals surface area contributed by atoms with E-state index in [0.717, 1.165) is 22.4 Å². The number of hydrogen-bond acceptors (Lipinski definition) is 4. The third-order valence-electron chi connectivity index (χ3n) is 2.72. The smallest absolute Gasteiger partial charge is 0.227 e. The fourth-order valence-electron chi connectivity index (χ4n) is 1.89. The summed E-state index contributed by atoms with van der Waals surface area (Å²) in [6.07, 6.45) is -0.324. The lowest BCUT2D eigenvalue weighted by molar-refractivity contribution is 0.230. The lowest BCUT2D eigenvalue weighted by Gasteiger charge is -2.09. The van der Waals surface area contributed by atoms with Crippen LogP contribution in [0.3, 0.4) is 0 Å². The summed E-state index contributed by atoms with van der Waals surface area (Å²) >= 11 is 0. The summed E-state index contributed by atoms with van der Waals surface area (Å²) in [5.41, 5.74) is 8.12. The van der Waals surface area contributed by atoms with Crippen LogP contribution in [-0.2, 0) is 0 Å². The minimum absolute atomic E-state index is 0. The SMILES string of the molecule is CC(N)Oc1ccc(-c2nc3ccccc3o2)cc1.Cl. The monoisotopic (exact) mass is 290 g/mol. The minimum atomic E-state index is -0.324. The fourth-order valence-corrected chi connectivity index (χ4v) is 1.89. The molecule has 1 heterocycles. The molecule has 5 heteroatoms. The summed E-state index contributed by atoms with van der Waals surface area (Å²) in [6, 6.07) is 15.2. The highest BCUT2D eigenvalue weighted by molar-refractivity contribution is 5.85. The Morgan fingerprint density at radius 1 is 1.10 bits per heavy atom. The van der Waals surface area contributed by atoms with Crippen molar-refractivity contribution in [2.24, 2.45) is 5.73 Å². The molecular weight excluding hydrogens is 276 g/mol. The van der Waals surface area contributed by atoms with E-state index < -0.39 is 0 Å². The van der Waals surface area contributed by atoms with Crippen molar-refractivity contribution in [3.8, 4) is 17.2 Å². The second-order valence-electron chi connectivity index (χ2n) is 4.33. The average molecular weight is 291 g/mol. The second kappa shape index (κ2) is 5.94. The number of fused-ring (bicyclic) bond motifs is 1. The Hall–Kier alpha value is -2.04. The number of aromatic nitrogens is 1. The minimum Gasteiger partial charge on any atom is -0.476 e. The third-order valence-corrected chi connectivity index (χ3v) is 2.72. The van der Waals surface area contributed by atoms with Gasteiger partial charge in [0, 0.05) is 5.56 Å². The Morgan fingerprint density at radius 2 is 1.80 bits per heavy atom. The van der Waals surface area contributed by atoms with E-state index in [1.807, 2.05) is 48.5 Å². The molecule has 0 aliphatic rings. The van der Waals surface area contributed by atoms with Crippen molar-refractivity contribution >= 4 is 23.5 Å². The van der Waals surface area contributed by atoms with E-state index in [9.17, 15) is 0 Å². The van der Waals surface area contributed by atoms with Gasteiger partial charge in [0.25, 0.3) is 0 Å². The number of oxazole rings is 1. The van der Waals surface area contributed by atoms with E-state index in [-0.39, 0.29) is 18.6 Å². The number of rotatable bonds is 3. The highest BCUT2D eigenvalue weighted by Crippen LogP contribution is 2.25. The molecule has 3 rings (SSSR count). The van der Waals surface area contributed by atoms with Crippen LogP contribution in [0.15, 0.2) is 52.9 Å². The molecule has 0 saturated heterocycles. The van der Waals surface area contributed by atoms with Crippen molar-refractivity contribution in [3.63, 3.8) is 0 Å². The fraction of sp³-hybridized carbons (Fsp3) is 0.133. The highest BCUT2D eigenvalue weighted by atomic mass is 35.5. The van der Waals surface area contributed by atoms with E-state index in [1.54, 1.807) is 6.92 Å². The van der Waals surface area contributed by atoms with E-state index >= 15 is 0 Å². The Morgan fingerprint density at radius 3 is 2.45 bits per heavy atom. The Bertz CT molecular complexity index is 659. The predicted molar refractivity (Wildman–Crippen MR) is 81.0 cm³/mol. The molecule has 20 heavy (non-hydrogen) atoms. The number of halogens is 1. The number of nitrogens with two attached hydrogens (primary N) is 1. The van der Waals surface area contributed by atoms with E-state index in [1.165, 1.54) is 0 Å². The molecule has 1 unspecified atom stereocenters. The topological polar surface area (TPSA) is 61.3 Å². The van der Waals surface area contributed by atoms with Gasteiger partial charge in [-0.2, -0.15) is 0 Å². The van der Waals surface area contributed by atoms with E-state index in [4.69, 9.17) is 14.9 Å². The van der Waals surface area contributed by atoms with Gasteiger partial charge in [-0.1, -0.05) is 12.1 Å². The standard InChI is InChI=1S/C15H14N2O2.ClH/c1-10(16)18-12-8-6-11(7-9-12)15-17-13-4-2-3-5-14(13)19-15;/h2-10H,16H2,1H3;1H. The Balaban J connectivity index is 0.00000147. The van der Waals surface area contributed by atoms with E-state index in [2.05, 4.69) is 4.98 Å². The van der Waals surface area contributed by atoms with Gasteiger partial charge >= 0.3 is 0 Å². The summed E-state index contributed by atoms with van der Waals surface area (Å²) in [6.45, 7) is 1.79. The van der Waals surface area contributed by atoms with Gasteiger partial charge in [0.2, 0.25) is 5.89 Å². The van der Waals surface area contributed by atoms with Gasteiger partial charge in [-0.15, -0.1) is 12.4 Å². The molecule has 0 radical (unpaired) electrons. The molecule has 0 aliphatic heterocycles. The van der Waals surface area contributed by atoms with Gasteiger partial charge in [-0.05, 0) is 43.3 Å². The molecule has 0 bridgehead atoms. The van der Waals surface area contributed by atoms with Crippen molar-refractivity contribution in [1.82, 2.24) is 4.98 Å². The summed E-state index contributed by atoms with van der Waals surface area (Å²) in [5, 5.41) is 0. The zero-order valence-corrected chi connectivity index (χ0v) is 11.8. The van der Waals surface area contributed by atoms with Crippen molar-refractivity contribution in [2.45, 2.75) is 13.2 Å². The number of para-hydroxylation sites is 2. The maximum Gasteiger partial charge on any atom is 0.227 e. The molecule has 0 aliphatic carbocycles. The van der Waals surface area contributed by atoms with Crippen LogP contribution in [0.2, 0.25) is 0 Å². The maximum absolute atomic E-state index is 5.70. The molecule has 0 saturated carbocycles. The first-order valence-electron chi connectivity index (χ1n) is 6.10. The van der Waals surface area contributed by atoms with E-state index in [0.29, 0.717) is 5.89 Å². The van der Waals surface area contributed by atoms with Gasteiger partial charge < -0.3 is 9.15 Å². The van der Waals surface area contributed by atoms with Crippen LogP contribution < -0.4 is 10.5 Å². The zero-order chi connectivity index (χ0) is 13.2. The van der Waals surface area contributed by atoms with Crippen molar-refractivity contribution < 1.29 is 9.15 Å². The molecule has 0 fully saturated rings. The number of nitrogens with zero attached hydrogens (tertiary/aromatic N) is 1. The van der Waals surface area contributed by atoms with Crippen molar-refractivity contribution in [2.75, 3.05) is 0 Å². The molecule has 1 atom stereocenters. The lowest BCUT2D eigenvalue weighted by Crippen LogP contribution is -2.22. The summed E-state index contributed by atoms with van der Waals surface area (Å²) in [7, 11) is 0. The molecule has 0 spiro atoms. The van der Waals surface area contributed by atoms with Gasteiger partial charge in [-0.3, -0.25) is 5.73 Å². The van der Waals surface area contributed by atoms with Crippen molar-refractivity contribution in [1.29, 1.82) is 0 Å². The lowest BCUT2D eigenvalue weighted by atomic mass is 10.2. The number of ether oxygens (including phenoxy) is 1. The maximum atomic E-state index is 5.70. The first-order chi connectivity index (χ1) is 9.22. The molecule has 1 aromatic heterocycles. The first kappa shape index (κ1) is 14.4. The molecule has 4 nitrogen and oxygen atoms in total. The molecule has 2 N–H and O–H groups in total. The van der Waals surface area contributed by atoms with Crippen LogP contribution in [-0.4, -0.2) is 11.2 Å². The van der Waals surface area contributed by atoms with Gasteiger partial charge in [-0.25, -0.2) is 4.98 Å². The quantitative estimate of drug-likeness (QED) is 0.749. The second-order valence-corrected chi connectivity index (χ2v) is 4.33. The summed E-state index contributed by atoms with van der Waals surface area (Å²) in [5.74, 6) is 1.34. The molecule has 0 amide bonds. The van der Waals surface area contributed by atoms with Crippen LogP contribution in [0.25, 0.3) is 22.6 Å². The normalized spacial score (nSPS) is 11.9. The number of benzene rings is 2. The molecule has 2 aromatic carbocycles. The summed E-state index contributed by atoms with van der Waals surface area (Å²) in [4.78, 5) is 4.44. The van der Waals surface area contributed by atoms with Gasteiger partial charge in [0.1, 0.15) is 17.5 Å². The molecular formula is C15H15ClN2O2. The van der Waals surface area contributed by atoms with Crippen LogP contribution in [0.5, 0.6) is 5.75 Å². The van der Waals surface area contributed by atoms with Gasteiger partial charge in [0.15, 0.2) is 5.58 Å². The molecule has 104 valence electrons. The van der Waals surface area contributed by atoms with Crippen molar-refractivity contribution in [3.05, 3.63) is 48.5 Å². The Kier molecular flexibility index (Phi) is 4.27. The third kappa shape index (κ3) is 2.92. The zero-order valence-electron chi connectivity index (χ0n) is 10.9. The predicted octanol–water partition coefficient (Wildman–Crippen LogP) is 3.60. The highest BCUT2D eigenvalue weighted by Gasteiger charge is 2.07. The first-order valence-corrected chi connectivity index (χ1v) is 6.10. The largest absolute Gasteiger partial charge is 0.476 e.